The van der Waals surface area contributed by atoms with Gasteiger partial charge in [0.2, 0.25) is 0 Å². The van der Waals surface area contributed by atoms with Crippen LogP contribution in [0.5, 0.6) is 0 Å². The van der Waals surface area contributed by atoms with Crippen molar-refractivity contribution in [1.82, 2.24) is 4.90 Å². The van der Waals surface area contributed by atoms with E-state index in [0.29, 0.717) is 0 Å². The summed E-state index contributed by atoms with van der Waals surface area (Å²) in [5, 5.41) is 0. The van der Waals surface area contributed by atoms with Gasteiger partial charge in [-0.15, -0.1) is 27.7 Å². The van der Waals surface area contributed by atoms with Crippen LogP contribution in [0.25, 0.3) is 0 Å². The van der Waals surface area contributed by atoms with Gasteiger partial charge in [-0.1, -0.05) is 0 Å². The second kappa shape index (κ2) is 5.39. The lowest BCUT2D eigenvalue weighted by Gasteiger charge is -2.12. The van der Waals surface area contributed by atoms with Crippen molar-refractivity contribution in [3.05, 3.63) is 0 Å². The van der Waals surface area contributed by atoms with E-state index in [1.54, 1.807) is 0 Å². The molecule has 1 nitrogen and oxygen atoms in total. The fourth-order valence-corrected chi connectivity index (χ4v) is 2.01. The Hall–Kier alpha value is 1.25. The van der Waals surface area contributed by atoms with Crippen LogP contribution >= 0.6 is 27.7 Å². The molecule has 0 fully saturated rings. The summed E-state index contributed by atoms with van der Waals surface area (Å²) in [5.41, 5.74) is 0. The normalized spacial score (nSPS) is 10.3. The second-order valence-corrected chi connectivity index (χ2v) is 2.31. The summed E-state index contributed by atoms with van der Waals surface area (Å²) in [6.07, 6.45) is 3.19. The minimum atomic E-state index is 1.06. The average Bonchev–Trinajstić information content (AvgIpc) is 1.72. The van der Waals surface area contributed by atoms with Gasteiger partial charge in [-0.25, -0.2) is 0 Å². The van der Waals surface area contributed by atoms with Crippen LogP contribution in [0.4, 0.5) is 0 Å². The van der Waals surface area contributed by atoms with Gasteiger partial charge in [0, 0.05) is 18.9 Å². The van der Waals surface area contributed by atoms with Crippen molar-refractivity contribution in [2.45, 2.75) is 0 Å². The van der Waals surface area contributed by atoms with E-state index < -0.39 is 0 Å². The van der Waals surface area contributed by atoms with E-state index in [-0.39, 0.29) is 0 Å². The number of hydrogen-bond donors (Lipinski definition) is 0. The van der Waals surface area contributed by atoms with Gasteiger partial charge in [0.25, 0.3) is 0 Å². The van der Waals surface area contributed by atoms with Gasteiger partial charge >= 0.3 is 0 Å². The summed E-state index contributed by atoms with van der Waals surface area (Å²) >= 11 is 0. The molecule has 0 bridgehead atoms. The average molecular weight is 155 g/mol. The van der Waals surface area contributed by atoms with Crippen molar-refractivity contribution >= 4 is 27.7 Å². The van der Waals surface area contributed by atoms with Gasteiger partial charge < -0.3 is 0 Å². The Morgan fingerprint density at radius 1 is 0.857 bits per heavy atom. The van der Waals surface area contributed by atoms with Crippen molar-refractivity contribution in [1.29, 1.82) is 0 Å². The van der Waals surface area contributed by atoms with Gasteiger partial charge in [-0.2, -0.15) is 0 Å². The van der Waals surface area contributed by atoms with Gasteiger partial charge in [-0.3, -0.25) is 4.90 Å². The highest BCUT2D eigenvalue weighted by Crippen LogP contribution is 1.99. The fraction of sp³-hybridized carbons (Fsp3) is 1.00. The molecule has 0 amide bonds. The van der Waals surface area contributed by atoms with E-state index >= 15 is 0 Å². The first-order valence-electron chi connectivity index (χ1n) is 2.17. The molecular weight excluding hydrogens is 143 g/mol. The number of hydrogen-bond acceptors (Lipinski definition) is 1. The van der Waals surface area contributed by atoms with Crippen LogP contribution < -0.4 is 0 Å². The molecule has 0 spiro atoms. The minimum Gasteiger partial charge on any atom is -0.293 e. The number of rotatable bonds is 3. The Balaban J connectivity index is 2.99. The van der Waals surface area contributed by atoms with Crippen molar-refractivity contribution in [3.63, 3.8) is 0 Å². The van der Waals surface area contributed by atoms with Gasteiger partial charge in [-0.05, 0) is 0 Å². The molecule has 0 saturated heterocycles. The third kappa shape index (κ3) is 3.80. The zero-order valence-electron chi connectivity index (χ0n) is 4.30. The monoisotopic (exact) mass is 155 g/mol. The quantitative estimate of drug-likeness (QED) is 0.544. The standard InChI is InChI=1S/C3H12NP3/c5-1-4(2-6)3-7/h1-3,5-7H2. The predicted octanol–water partition coefficient (Wildman–Crippen LogP) is 0.786. The summed E-state index contributed by atoms with van der Waals surface area (Å²) in [5.74, 6) is 0. The SMILES string of the molecule is PCN(CP)CP. The smallest absolute Gasteiger partial charge is 0.0133 e. The Morgan fingerprint density at radius 2 is 1.14 bits per heavy atom. The molecule has 0 heterocycles. The van der Waals surface area contributed by atoms with Crippen LogP contribution in [0, 0.1) is 0 Å². The largest absolute Gasteiger partial charge is 0.293 e. The van der Waals surface area contributed by atoms with Crippen molar-refractivity contribution < 1.29 is 0 Å². The Labute approximate surface area is 52.2 Å². The maximum absolute atomic E-state index is 2.68. The van der Waals surface area contributed by atoms with Gasteiger partial charge in [0.05, 0.1) is 0 Å². The maximum Gasteiger partial charge on any atom is 0.0133 e. The first-order chi connectivity index (χ1) is 3.35. The van der Waals surface area contributed by atoms with Crippen molar-refractivity contribution in [2.24, 2.45) is 0 Å². The highest BCUT2D eigenvalue weighted by atomic mass is 31.0. The van der Waals surface area contributed by atoms with Crippen LogP contribution in [0.2, 0.25) is 0 Å². The molecule has 3 atom stereocenters. The molecule has 0 aliphatic rings. The molecule has 44 valence electrons. The molecule has 0 aliphatic heterocycles. The Morgan fingerprint density at radius 3 is 1.14 bits per heavy atom. The molecule has 0 saturated carbocycles. The third-order valence-electron chi connectivity index (χ3n) is 0.775. The van der Waals surface area contributed by atoms with E-state index in [0.717, 1.165) is 18.9 Å². The van der Waals surface area contributed by atoms with E-state index in [1.807, 2.05) is 0 Å². The van der Waals surface area contributed by atoms with E-state index in [2.05, 4.69) is 32.6 Å². The zero-order valence-corrected chi connectivity index (χ0v) is 7.76. The van der Waals surface area contributed by atoms with Crippen molar-refractivity contribution in [2.75, 3.05) is 18.9 Å². The summed E-state index contributed by atoms with van der Waals surface area (Å²) in [6.45, 7) is 0. The zero-order chi connectivity index (χ0) is 5.70. The van der Waals surface area contributed by atoms with Gasteiger partial charge in [0.1, 0.15) is 0 Å². The molecule has 7 heavy (non-hydrogen) atoms. The lowest BCUT2D eigenvalue weighted by Crippen LogP contribution is -2.16. The third-order valence-corrected chi connectivity index (χ3v) is 2.32. The van der Waals surface area contributed by atoms with E-state index in [9.17, 15) is 0 Å². The highest BCUT2D eigenvalue weighted by molar-refractivity contribution is 7.18. The van der Waals surface area contributed by atoms with E-state index in [4.69, 9.17) is 0 Å². The molecule has 0 N–H and O–H groups in total. The van der Waals surface area contributed by atoms with Crippen LogP contribution in [0.3, 0.4) is 0 Å². The molecule has 0 radical (unpaired) electrons. The van der Waals surface area contributed by atoms with E-state index in [1.165, 1.54) is 0 Å². The minimum absolute atomic E-state index is 1.06. The molecule has 0 aromatic heterocycles. The summed E-state index contributed by atoms with van der Waals surface area (Å²) in [6, 6.07) is 0. The molecular formula is C3H12NP3. The van der Waals surface area contributed by atoms with Gasteiger partial charge in [0.15, 0.2) is 0 Å². The lowest BCUT2D eigenvalue weighted by molar-refractivity contribution is 0.446. The molecule has 0 aliphatic carbocycles. The van der Waals surface area contributed by atoms with Crippen LogP contribution in [0.15, 0.2) is 0 Å². The molecule has 0 rings (SSSR count). The van der Waals surface area contributed by atoms with Crippen LogP contribution in [0.1, 0.15) is 0 Å². The molecule has 4 heteroatoms. The van der Waals surface area contributed by atoms with Crippen LogP contribution in [-0.2, 0) is 0 Å². The highest BCUT2D eigenvalue weighted by Gasteiger charge is 1.89. The topological polar surface area (TPSA) is 3.24 Å². The summed E-state index contributed by atoms with van der Waals surface area (Å²) in [7, 11) is 8.05. The molecule has 0 aromatic rings. The Kier molecular flexibility index (Phi) is 6.35. The lowest BCUT2D eigenvalue weighted by atomic mass is 11.0. The number of nitrogens with zero attached hydrogens (tertiary/aromatic N) is 1. The maximum atomic E-state index is 2.68. The fourth-order valence-electron chi connectivity index (χ4n) is 0.224. The first-order valence-corrected chi connectivity index (χ1v) is 4.62. The van der Waals surface area contributed by atoms with Crippen LogP contribution in [-0.4, -0.2) is 23.8 Å². The summed E-state index contributed by atoms with van der Waals surface area (Å²) in [4.78, 5) is 2.26. The first kappa shape index (κ1) is 8.25. The summed E-state index contributed by atoms with van der Waals surface area (Å²) < 4.78 is 0. The predicted molar refractivity (Wildman–Crippen MR) is 45.6 cm³/mol. The Bertz CT molecular complexity index is 31.7. The second-order valence-electron chi connectivity index (χ2n) is 1.22. The molecule has 3 unspecified atom stereocenters. The van der Waals surface area contributed by atoms with Crippen molar-refractivity contribution in [3.8, 4) is 0 Å². The molecule has 0 aromatic carbocycles.